The lowest BCUT2D eigenvalue weighted by Crippen LogP contribution is -2.33. The van der Waals surface area contributed by atoms with Crippen molar-refractivity contribution in [1.82, 2.24) is 14.8 Å². The number of ketones is 1. The number of nitrogens with two attached hydrogens (primary N) is 1. The number of nitrogens with zero attached hydrogens (tertiary/aromatic N) is 3. The van der Waals surface area contributed by atoms with Crippen molar-refractivity contribution in [3.05, 3.63) is 70.7 Å². The number of aromatic nitrogens is 3. The Bertz CT molecular complexity index is 1230. The van der Waals surface area contributed by atoms with Crippen molar-refractivity contribution in [3.8, 4) is 11.5 Å². The zero-order valence-corrected chi connectivity index (χ0v) is 17.6. The highest BCUT2D eigenvalue weighted by Gasteiger charge is 2.39. The summed E-state index contributed by atoms with van der Waals surface area (Å²) in [5.41, 5.74) is 8.95. The molecule has 8 nitrogen and oxygen atoms in total. The molecule has 0 saturated carbocycles. The summed E-state index contributed by atoms with van der Waals surface area (Å²) in [6, 6.07) is 11.2. The number of hydrogen-bond donors (Lipinski definition) is 2. The maximum absolute atomic E-state index is 13.6. The molecule has 0 saturated heterocycles. The molecule has 164 valence electrons. The molecule has 32 heavy (non-hydrogen) atoms. The maximum Gasteiger partial charge on any atom is 0.241 e. The summed E-state index contributed by atoms with van der Waals surface area (Å²) in [7, 11) is 3.17. The van der Waals surface area contributed by atoms with Crippen molar-refractivity contribution in [3.63, 3.8) is 0 Å². The molecular formula is C23H22FN5O3. The zero-order chi connectivity index (χ0) is 22.4. The molecule has 0 amide bonds. The van der Waals surface area contributed by atoms with E-state index in [4.69, 9.17) is 15.2 Å². The van der Waals surface area contributed by atoms with E-state index in [-0.39, 0.29) is 23.5 Å². The van der Waals surface area contributed by atoms with E-state index in [1.165, 1.54) is 12.1 Å². The normalized spacial score (nSPS) is 19.8. The van der Waals surface area contributed by atoms with Crippen LogP contribution in [0.3, 0.4) is 0 Å². The van der Waals surface area contributed by atoms with Crippen LogP contribution in [0, 0.1) is 5.82 Å². The van der Waals surface area contributed by atoms with Crippen LogP contribution in [0.5, 0.6) is 11.5 Å². The van der Waals surface area contributed by atoms with Crippen LogP contribution in [-0.2, 0) is 4.79 Å². The van der Waals surface area contributed by atoms with Gasteiger partial charge in [0.25, 0.3) is 0 Å². The highest BCUT2D eigenvalue weighted by molar-refractivity contribution is 6.00. The predicted molar refractivity (Wildman–Crippen MR) is 116 cm³/mol. The number of hydrogen-bond acceptors (Lipinski definition) is 7. The number of nitrogens with one attached hydrogen (secondary N) is 1. The topological polar surface area (TPSA) is 104 Å². The molecule has 9 heteroatoms. The minimum atomic E-state index is -0.523. The van der Waals surface area contributed by atoms with E-state index in [1.54, 1.807) is 31.0 Å². The number of ether oxygens (including phenoxy) is 2. The first-order valence-electron chi connectivity index (χ1n) is 10.2. The summed E-state index contributed by atoms with van der Waals surface area (Å²) in [5.74, 6) is 1.40. The molecule has 0 radical (unpaired) electrons. The monoisotopic (exact) mass is 435 g/mol. The lowest BCUT2D eigenvalue weighted by Gasteiger charge is -2.35. The van der Waals surface area contributed by atoms with Crippen molar-refractivity contribution in [2.24, 2.45) is 0 Å². The highest BCUT2D eigenvalue weighted by atomic mass is 19.1. The van der Waals surface area contributed by atoms with Crippen molar-refractivity contribution in [2.75, 3.05) is 25.3 Å². The highest BCUT2D eigenvalue weighted by Crippen LogP contribution is 2.45. The Morgan fingerprint density at radius 3 is 2.50 bits per heavy atom. The van der Waals surface area contributed by atoms with Gasteiger partial charge in [0.15, 0.2) is 17.3 Å². The molecule has 5 rings (SSSR count). The molecule has 2 atom stereocenters. The molecule has 0 bridgehead atoms. The van der Waals surface area contributed by atoms with Gasteiger partial charge in [-0.15, -0.1) is 5.10 Å². The molecule has 1 aliphatic carbocycles. The Morgan fingerprint density at radius 2 is 1.78 bits per heavy atom. The molecule has 0 fully saturated rings. The third-order valence-electron chi connectivity index (χ3n) is 6.00. The van der Waals surface area contributed by atoms with Crippen molar-refractivity contribution < 1.29 is 18.7 Å². The second-order valence-corrected chi connectivity index (χ2v) is 7.85. The SMILES string of the molecule is COc1ccc([C@H]2CC(=O)C3=C(C2)Nc2nc(N)nn2[C@@H]3c2ccc(F)cc2)cc1OC. The predicted octanol–water partition coefficient (Wildman–Crippen LogP) is 3.43. The van der Waals surface area contributed by atoms with E-state index in [2.05, 4.69) is 15.4 Å². The lowest BCUT2D eigenvalue weighted by atomic mass is 9.78. The maximum atomic E-state index is 13.6. The molecule has 1 aliphatic heterocycles. The summed E-state index contributed by atoms with van der Waals surface area (Å²) < 4.78 is 25.9. The molecule has 0 unspecified atom stereocenters. The second kappa shape index (κ2) is 7.67. The van der Waals surface area contributed by atoms with Gasteiger partial charge in [-0.2, -0.15) is 4.98 Å². The summed E-state index contributed by atoms with van der Waals surface area (Å²) in [6.07, 6.45) is 0.925. The van der Waals surface area contributed by atoms with E-state index in [0.717, 1.165) is 16.8 Å². The minimum Gasteiger partial charge on any atom is -0.493 e. The fourth-order valence-corrected chi connectivity index (χ4v) is 4.52. The van der Waals surface area contributed by atoms with Crippen LogP contribution in [0.4, 0.5) is 16.3 Å². The molecule has 2 aliphatic rings. The standard InChI is InChI=1S/C23H22FN5O3/c1-31-18-8-5-13(11-19(18)32-2)14-9-16-20(17(30)10-14)21(12-3-6-15(24)7-4-12)29-23(26-16)27-22(25)28-29/h3-8,11,14,21H,9-10H2,1-2H3,(H3,25,26,27,28)/t14-,21-/m1/s1. The Balaban J connectivity index is 1.57. The number of nitrogen functional groups attached to an aromatic ring is 1. The molecule has 3 aromatic rings. The number of anilines is 2. The van der Waals surface area contributed by atoms with Crippen LogP contribution in [-0.4, -0.2) is 34.8 Å². The zero-order valence-electron chi connectivity index (χ0n) is 17.6. The van der Waals surface area contributed by atoms with Gasteiger partial charge < -0.3 is 20.5 Å². The summed E-state index contributed by atoms with van der Waals surface area (Å²) in [6.45, 7) is 0. The van der Waals surface area contributed by atoms with Crippen LogP contribution in [0.15, 0.2) is 53.7 Å². The van der Waals surface area contributed by atoms with Crippen LogP contribution in [0.2, 0.25) is 0 Å². The Kier molecular flexibility index (Phi) is 4.80. The van der Waals surface area contributed by atoms with Gasteiger partial charge in [0.2, 0.25) is 11.9 Å². The minimum absolute atomic E-state index is 0.00687. The quantitative estimate of drug-likeness (QED) is 0.647. The first kappa shape index (κ1) is 20.0. The van der Waals surface area contributed by atoms with E-state index in [0.29, 0.717) is 35.9 Å². The number of halogens is 1. The van der Waals surface area contributed by atoms with Crippen LogP contribution in [0.1, 0.15) is 35.9 Å². The third-order valence-corrected chi connectivity index (χ3v) is 6.00. The van der Waals surface area contributed by atoms with Gasteiger partial charge in [-0.3, -0.25) is 4.79 Å². The first-order valence-corrected chi connectivity index (χ1v) is 10.2. The molecule has 3 N–H and O–H groups in total. The van der Waals surface area contributed by atoms with Gasteiger partial charge in [-0.05, 0) is 47.7 Å². The Labute approximate surface area is 183 Å². The van der Waals surface area contributed by atoms with Crippen molar-refractivity contribution in [1.29, 1.82) is 0 Å². The third kappa shape index (κ3) is 3.26. The van der Waals surface area contributed by atoms with Gasteiger partial charge in [-0.25, -0.2) is 9.07 Å². The van der Waals surface area contributed by atoms with E-state index in [9.17, 15) is 9.18 Å². The van der Waals surface area contributed by atoms with Crippen LogP contribution < -0.4 is 20.5 Å². The molecule has 0 spiro atoms. The number of benzene rings is 2. The average molecular weight is 435 g/mol. The number of allylic oxidation sites excluding steroid dienone is 2. The first-order chi connectivity index (χ1) is 15.5. The summed E-state index contributed by atoms with van der Waals surface area (Å²) in [4.78, 5) is 17.7. The lowest BCUT2D eigenvalue weighted by molar-refractivity contribution is -0.116. The molecular weight excluding hydrogens is 413 g/mol. The Hall–Kier alpha value is -3.88. The largest absolute Gasteiger partial charge is 0.493 e. The van der Waals surface area contributed by atoms with Gasteiger partial charge >= 0.3 is 0 Å². The summed E-state index contributed by atoms with van der Waals surface area (Å²) >= 11 is 0. The molecule has 2 heterocycles. The van der Waals surface area contributed by atoms with Crippen LogP contribution in [0.25, 0.3) is 0 Å². The number of methoxy groups -OCH3 is 2. The van der Waals surface area contributed by atoms with Gasteiger partial charge in [0.05, 0.1) is 14.2 Å². The molecule has 1 aromatic heterocycles. The van der Waals surface area contributed by atoms with E-state index in [1.807, 2.05) is 18.2 Å². The number of carbonyl (C=O) groups is 1. The second-order valence-electron chi connectivity index (χ2n) is 7.85. The molecule has 2 aromatic carbocycles. The van der Waals surface area contributed by atoms with Crippen LogP contribution >= 0.6 is 0 Å². The van der Waals surface area contributed by atoms with Crippen molar-refractivity contribution in [2.45, 2.75) is 24.8 Å². The van der Waals surface area contributed by atoms with Gasteiger partial charge in [-0.1, -0.05) is 18.2 Å². The number of rotatable bonds is 4. The van der Waals surface area contributed by atoms with E-state index < -0.39 is 6.04 Å². The van der Waals surface area contributed by atoms with E-state index >= 15 is 0 Å². The number of fused-ring (bicyclic) bond motifs is 1. The van der Waals surface area contributed by atoms with Gasteiger partial charge in [0, 0.05) is 17.7 Å². The number of Topliss-reactive ketones (excluding diaryl/α,β-unsaturated/α-hetero) is 1. The smallest absolute Gasteiger partial charge is 0.241 e. The fraction of sp³-hybridized carbons (Fsp3) is 0.261. The summed E-state index contributed by atoms with van der Waals surface area (Å²) in [5, 5.41) is 7.54. The average Bonchev–Trinajstić information content (AvgIpc) is 3.17. The Morgan fingerprint density at radius 1 is 1.06 bits per heavy atom. The van der Waals surface area contributed by atoms with Crippen molar-refractivity contribution >= 4 is 17.7 Å². The fourth-order valence-electron chi connectivity index (χ4n) is 4.52. The number of carbonyl (C=O) groups excluding carboxylic acids is 1. The van der Waals surface area contributed by atoms with Gasteiger partial charge in [0.1, 0.15) is 11.9 Å².